The van der Waals surface area contributed by atoms with Gasteiger partial charge in [-0.3, -0.25) is 4.79 Å². The summed E-state index contributed by atoms with van der Waals surface area (Å²) in [6.07, 6.45) is 1.40. The molecule has 128 valence electrons. The summed E-state index contributed by atoms with van der Waals surface area (Å²) in [7, 11) is 0. The fraction of sp³-hybridized carbons (Fsp3) is 0.167. The number of carbonyl (C=O) groups is 2. The number of nitrogens with zero attached hydrogens (tertiary/aromatic N) is 2. The van der Waals surface area contributed by atoms with Crippen molar-refractivity contribution in [2.24, 2.45) is 0 Å². The van der Waals surface area contributed by atoms with Gasteiger partial charge in [-0.25, -0.2) is 9.48 Å². The molecule has 3 rings (SSSR count). The highest BCUT2D eigenvalue weighted by Crippen LogP contribution is 2.17. The first-order valence-electron chi connectivity index (χ1n) is 7.68. The Morgan fingerprint density at radius 2 is 1.96 bits per heavy atom. The van der Waals surface area contributed by atoms with Gasteiger partial charge < -0.3 is 14.5 Å². The van der Waals surface area contributed by atoms with E-state index in [1.807, 2.05) is 37.3 Å². The normalized spacial score (nSPS) is 10.5. The van der Waals surface area contributed by atoms with E-state index < -0.39 is 18.5 Å². The number of carbonyl (C=O) groups excluding carboxylic acids is 2. The minimum atomic E-state index is -0.603. The number of hydrogen-bond acceptors (Lipinski definition) is 5. The van der Waals surface area contributed by atoms with Gasteiger partial charge in [0.2, 0.25) is 0 Å². The minimum absolute atomic E-state index is 0.304. The molecule has 0 saturated heterocycles. The van der Waals surface area contributed by atoms with Gasteiger partial charge in [-0.05, 0) is 32.0 Å². The van der Waals surface area contributed by atoms with Crippen LogP contribution < -0.4 is 5.32 Å². The monoisotopic (exact) mass is 339 g/mol. The number of amides is 1. The molecule has 2 aromatic heterocycles. The number of esters is 1. The number of hydrogen-bond donors (Lipinski definition) is 1. The summed E-state index contributed by atoms with van der Waals surface area (Å²) in [4.78, 5) is 24.0. The third kappa shape index (κ3) is 3.77. The number of aryl methyl sites for hydroxylation is 2. The molecule has 0 bridgehead atoms. The third-order valence-corrected chi connectivity index (χ3v) is 3.51. The second kappa shape index (κ2) is 7.04. The first kappa shape index (κ1) is 16.5. The molecule has 1 aromatic carbocycles. The summed E-state index contributed by atoms with van der Waals surface area (Å²) in [6.45, 7) is 3.08. The molecule has 3 aromatic rings. The molecule has 0 unspecified atom stereocenters. The van der Waals surface area contributed by atoms with Crippen LogP contribution in [-0.2, 0) is 9.53 Å². The Hall–Kier alpha value is -3.35. The maximum Gasteiger partial charge on any atom is 0.342 e. The molecule has 0 spiro atoms. The quantitative estimate of drug-likeness (QED) is 0.722. The summed E-state index contributed by atoms with van der Waals surface area (Å²) in [5.74, 6) is -0.104. The number of benzene rings is 1. The van der Waals surface area contributed by atoms with Crippen LogP contribution in [0.5, 0.6) is 0 Å². The Labute approximate surface area is 144 Å². The Bertz CT molecular complexity index is 896. The van der Waals surface area contributed by atoms with Crippen LogP contribution >= 0.6 is 0 Å². The van der Waals surface area contributed by atoms with E-state index in [4.69, 9.17) is 9.15 Å². The zero-order valence-corrected chi connectivity index (χ0v) is 13.9. The number of para-hydroxylation sites is 1. The molecule has 0 fully saturated rings. The maximum atomic E-state index is 12.1. The van der Waals surface area contributed by atoms with Gasteiger partial charge in [-0.2, -0.15) is 5.10 Å². The van der Waals surface area contributed by atoms with E-state index in [2.05, 4.69) is 10.4 Å². The molecular formula is C18H17N3O4. The average molecular weight is 339 g/mol. The lowest BCUT2D eigenvalue weighted by Crippen LogP contribution is -2.22. The fourth-order valence-corrected chi connectivity index (χ4v) is 2.34. The van der Waals surface area contributed by atoms with Crippen molar-refractivity contribution in [3.05, 3.63) is 65.7 Å². The number of nitrogens with one attached hydrogen (secondary N) is 1. The third-order valence-electron chi connectivity index (χ3n) is 3.51. The van der Waals surface area contributed by atoms with Gasteiger partial charge in [-0.15, -0.1) is 0 Å². The molecule has 0 aliphatic carbocycles. The Kier molecular flexibility index (Phi) is 4.65. The first-order chi connectivity index (χ1) is 12.0. The van der Waals surface area contributed by atoms with E-state index in [1.165, 1.54) is 12.3 Å². The van der Waals surface area contributed by atoms with Crippen LogP contribution in [0.15, 0.2) is 53.1 Å². The number of aromatic nitrogens is 2. The summed E-state index contributed by atoms with van der Waals surface area (Å²) in [5.41, 5.74) is 1.88. The Morgan fingerprint density at radius 3 is 2.64 bits per heavy atom. The van der Waals surface area contributed by atoms with Crippen molar-refractivity contribution < 1.29 is 18.7 Å². The van der Waals surface area contributed by atoms with Gasteiger partial charge in [0.25, 0.3) is 5.91 Å². The van der Waals surface area contributed by atoms with Crippen LogP contribution in [0.4, 0.5) is 5.82 Å². The van der Waals surface area contributed by atoms with Crippen molar-refractivity contribution in [2.75, 3.05) is 11.9 Å². The smallest absolute Gasteiger partial charge is 0.342 e. The van der Waals surface area contributed by atoms with Gasteiger partial charge in [0.15, 0.2) is 6.61 Å². The van der Waals surface area contributed by atoms with Crippen molar-refractivity contribution in [3.8, 4) is 5.69 Å². The predicted molar refractivity (Wildman–Crippen MR) is 90.7 cm³/mol. The largest absolute Gasteiger partial charge is 0.469 e. The summed E-state index contributed by atoms with van der Waals surface area (Å²) in [5, 5.41) is 7.07. The van der Waals surface area contributed by atoms with E-state index in [0.29, 0.717) is 17.1 Å². The van der Waals surface area contributed by atoms with E-state index in [1.54, 1.807) is 17.7 Å². The number of furan rings is 1. The van der Waals surface area contributed by atoms with Crippen LogP contribution in [0.3, 0.4) is 0 Å². The summed E-state index contributed by atoms with van der Waals surface area (Å²) < 4.78 is 11.7. The van der Waals surface area contributed by atoms with E-state index in [9.17, 15) is 9.59 Å². The standard InChI is InChI=1S/C18H17N3O4/c1-12-10-16(21(20-12)14-6-4-3-5-7-14)19-17(22)11-25-18(23)15-8-9-24-13(15)2/h3-10H,11H2,1-2H3,(H,19,22). The molecule has 7 nitrogen and oxygen atoms in total. The van der Waals surface area contributed by atoms with Crippen molar-refractivity contribution in [2.45, 2.75) is 13.8 Å². The van der Waals surface area contributed by atoms with Gasteiger partial charge in [0.1, 0.15) is 17.1 Å². The molecule has 1 N–H and O–H groups in total. The first-order valence-corrected chi connectivity index (χ1v) is 7.68. The Balaban J connectivity index is 1.66. The summed E-state index contributed by atoms with van der Waals surface area (Å²) >= 11 is 0. The maximum absolute atomic E-state index is 12.1. The second-order valence-corrected chi connectivity index (χ2v) is 5.43. The van der Waals surface area contributed by atoms with Crippen molar-refractivity contribution in [1.29, 1.82) is 0 Å². The molecule has 0 aliphatic rings. The lowest BCUT2D eigenvalue weighted by molar-refractivity contribution is -0.119. The lowest BCUT2D eigenvalue weighted by Gasteiger charge is -2.09. The van der Waals surface area contributed by atoms with E-state index in [-0.39, 0.29) is 0 Å². The molecule has 1 amide bonds. The molecule has 0 aliphatic heterocycles. The van der Waals surface area contributed by atoms with Gasteiger partial charge >= 0.3 is 5.97 Å². The lowest BCUT2D eigenvalue weighted by atomic mass is 10.3. The van der Waals surface area contributed by atoms with Crippen LogP contribution in [0.2, 0.25) is 0 Å². The molecule has 7 heteroatoms. The Morgan fingerprint density at radius 1 is 1.20 bits per heavy atom. The number of anilines is 1. The molecule has 0 atom stereocenters. The average Bonchev–Trinajstić information content (AvgIpc) is 3.19. The van der Waals surface area contributed by atoms with Crippen LogP contribution in [-0.4, -0.2) is 28.3 Å². The van der Waals surface area contributed by atoms with Crippen molar-refractivity contribution in [3.63, 3.8) is 0 Å². The molecule has 0 saturated carbocycles. The van der Waals surface area contributed by atoms with Crippen LogP contribution in [0.1, 0.15) is 21.8 Å². The highest BCUT2D eigenvalue weighted by molar-refractivity contribution is 5.95. The van der Waals surface area contributed by atoms with Crippen LogP contribution in [0, 0.1) is 13.8 Å². The minimum Gasteiger partial charge on any atom is -0.469 e. The topological polar surface area (TPSA) is 86.4 Å². The zero-order chi connectivity index (χ0) is 17.8. The van der Waals surface area contributed by atoms with E-state index in [0.717, 1.165) is 11.4 Å². The van der Waals surface area contributed by atoms with Crippen LogP contribution in [0.25, 0.3) is 5.69 Å². The summed E-state index contributed by atoms with van der Waals surface area (Å²) in [6, 6.07) is 12.7. The SMILES string of the molecule is Cc1cc(NC(=O)COC(=O)c2ccoc2C)n(-c2ccccc2)n1. The highest BCUT2D eigenvalue weighted by atomic mass is 16.5. The van der Waals surface area contributed by atoms with Crippen molar-refractivity contribution >= 4 is 17.7 Å². The highest BCUT2D eigenvalue weighted by Gasteiger charge is 2.16. The molecular weight excluding hydrogens is 322 g/mol. The van der Waals surface area contributed by atoms with E-state index >= 15 is 0 Å². The molecule has 0 radical (unpaired) electrons. The molecule has 25 heavy (non-hydrogen) atoms. The zero-order valence-electron chi connectivity index (χ0n) is 13.9. The van der Waals surface area contributed by atoms with Crippen molar-refractivity contribution in [1.82, 2.24) is 9.78 Å². The second-order valence-electron chi connectivity index (χ2n) is 5.43. The van der Waals surface area contributed by atoms with Gasteiger partial charge in [0.05, 0.1) is 17.6 Å². The predicted octanol–water partition coefficient (Wildman–Crippen LogP) is 2.88. The van der Waals surface area contributed by atoms with Gasteiger partial charge in [0, 0.05) is 6.07 Å². The fourth-order valence-electron chi connectivity index (χ4n) is 2.34. The van der Waals surface area contributed by atoms with Gasteiger partial charge in [-0.1, -0.05) is 18.2 Å². The number of ether oxygens (including phenoxy) is 1. The number of rotatable bonds is 5. The molecule has 2 heterocycles.